The summed E-state index contributed by atoms with van der Waals surface area (Å²) in [5, 5.41) is 6.35. The third-order valence-corrected chi connectivity index (χ3v) is 4.92. The molecule has 1 heterocycles. The zero-order valence-corrected chi connectivity index (χ0v) is 18.7. The van der Waals surface area contributed by atoms with E-state index < -0.39 is 17.8 Å². The average molecular weight is 448 g/mol. The zero-order chi connectivity index (χ0) is 24.0. The van der Waals surface area contributed by atoms with Gasteiger partial charge in [0.05, 0.1) is 26.0 Å². The van der Waals surface area contributed by atoms with E-state index in [2.05, 4.69) is 20.6 Å². The first-order valence-electron chi connectivity index (χ1n) is 10.00. The van der Waals surface area contributed by atoms with Gasteiger partial charge in [-0.1, -0.05) is 6.07 Å². The standard InChI is InChI=1S/C24H24N4O5/c1-15-12-18(16(2)28(15)20-6-5-7-21(13-20)32-3)14-25-27-23(30)22(29)26-19-10-8-17(9-11-19)24(31)33-4/h5-14H,1-4H3,(H,26,29)(H,27,30)/b25-14+. The lowest BCUT2D eigenvalue weighted by Crippen LogP contribution is -2.32. The van der Waals surface area contributed by atoms with Crippen molar-refractivity contribution >= 4 is 29.7 Å². The van der Waals surface area contributed by atoms with Crippen LogP contribution in [0.2, 0.25) is 0 Å². The number of rotatable bonds is 6. The van der Waals surface area contributed by atoms with E-state index in [1.54, 1.807) is 7.11 Å². The summed E-state index contributed by atoms with van der Waals surface area (Å²) in [5.74, 6) is -1.57. The minimum atomic E-state index is -0.926. The molecule has 0 unspecified atom stereocenters. The number of nitrogens with one attached hydrogen (secondary N) is 2. The molecule has 0 aliphatic rings. The van der Waals surface area contributed by atoms with Gasteiger partial charge in [0.25, 0.3) is 0 Å². The van der Waals surface area contributed by atoms with Crippen LogP contribution in [0.15, 0.2) is 59.7 Å². The van der Waals surface area contributed by atoms with Gasteiger partial charge in [0, 0.05) is 34.4 Å². The number of anilines is 1. The number of methoxy groups -OCH3 is 2. The Morgan fingerprint density at radius 3 is 2.36 bits per heavy atom. The van der Waals surface area contributed by atoms with E-state index in [0.29, 0.717) is 11.3 Å². The number of ether oxygens (including phenoxy) is 2. The summed E-state index contributed by atoms with van der Waals surface area (Å²) in [6, 6.07) is 15.5. The highest BCUT2D eigenvalue weighted by Crippen LogP contribution is 2.23. The van der Waals surface area contributed by atoms with Crippen LogP contribution in [0.25, 0.3) is 5.69 Å². The summed E-state index contributed by atoms with van der Waals surface area (Å²) in [5.41, 5.74) is 6.51. The Labute approximate surface area is 191 Å². The van der Waals surface area contributed by atoms with Gasteiger partial charge >= 0.3 is 17.8 Å². The fourth-order valence-corrected chi connectivity index (χ4v) is 3.27. The van der Waals surface area contributed by atoms with Gasteiger partial charge < -0.3 is 19.4 Å². The van der Waals surface area contributed by atoms with Crippen molar-refractivity contribution in [1.82, 2.24) is 9.99 Å². The summed E-state index contributed by atoms with van der Waals surface area (Å²) in [6.45, 7) is 3.89. The molecular weight excluding hydrogens is 424 g/mol. The highest BCUT2D eigenvalue weighted by Gasteiger charge is 2.14. The number of aryl methyl sites for hydroxylation is 1. The van der Waals surface area contributed by atoms with Crippen molar-refractivity contribution in [3.8, 4) is 11.4 Å². The maximum atomic E-state index is 12.1. The van der Waals surface area contributed by atoms with E-state index in [0.717, 1.165) is 28.4 Å². The van der Waals surface area contributed by atoms with Gasteiger partial charge in [0.15, 0.2) is 0 Å². The second-order valence-corrected chi connectivity index (χ2v) is 7.09. The molecule has 0 fully saturated rings. The Bertz CT molecular complexity index is 1210. The summed E-state index contributed by atoms with van der Waals surface area (Å²) < 4.78 is 11.9. The van der Waals surface area contributed by atoms with Crippen LogP contribution in [0.3, 0.4) is 0 Å². The van der Waals surface area contributed by atoms with Gasteiger partial charge in [-0.05, 0) is 56.3 Å². The largest absolute Gasteiger partial charge is 0.497 e. The topological polar surface area (TPSA) is 111 Å². The number of carbonyl (C=O) groups excluding carboxylic acids is 3. The van der Waals surface area contributed by atoms with Crippen molar-refractivity contribution in [1.29, 1.82) is 0 Å². The number of hydrogen-bond donors (Lipinski definition) is 2. The molecule has 170 valence electrons. The fourth-order valence-electron chi connectivity index (χ4n) is 3.27. The Hall–Kier alpha value is -4.40. The first kappa shape index (κ1) is 23.3. The minimum absolute atomic E-state index is 0.330. The number of carbonyl (C=O) groups is 3. The van der Waals surface area contributed by atoms with Crippen molar-refractivity contribution in [3.63, 3.8) is 0 Å². The molecule has 2 N–H and O–H groups in total. The Kier molecular flexibility index (Phi) is 7.24. The van der Waals surface area contributed by atoms with E-state index in [-0.39, 0.29) is 0 Å². The van der Waals surface area contributed by atoms with Crippen LogP contribution < -0.4 is 15.5 Å². The number of esters is 1. The SMILES string of the molecule is COC(=O)c1ccc(NC(=O)C(=O)N/N=C/c2cc(C)n(-c3cccc(OC)c3)c2C)cc1. The smallest absolute Gasteiger partial charge is 0.337 e. The Morgan fingerprint density at radius 2 is 1.70 bits per heavy atom. The number of benzene rings is 2. The predicted octanol–water partition coefficient (Wildman–Crippen LogP) is 2.98. The molecule has 2 aromatic carbocycles. The third kappa shape index (κ3) is 5.45. The number of nitrogens with zero attached hydrogens (tertiary/aromatic N) is 2. The zero-order valence-electron chi connectivity index (χ0n) is 18.7. The van der Waals surface area contributed by atoms with Crippen LogP contribution in [0.4, 0.5) is 5.69 Å². The van der Waals surface area contributed by atoms with Crippen molar-refractivity contribution in [2.24, 2.45) is 5.10 Å². The highest BCUT2D eigenvalue weighted by atomic mass is 16.5. The van der Waals surface area contributed by atoms with E-state index in [1.165, 1.54) is 37.6 Å². The summed E-state index contributed by atoms with van der Waals surface area (Å²) in [6.07, 6.45) is 1.48. The molecule has 33 heavy (non-hydrogen) atoms. The molecule has 3 aromatic rings. The molecule has 1 aromatic heterocycles. The Balaban J connectivity index is 1.64. The maximum Gasteiger partial charge on any atom is 0.337 e. The van der Waals surface area contributed by atoms with Crippen LogP contribution in [-0.2, 0) is 14.3 Å². The molecule has 9 heteroatoms. The minimum Gasteiger partial charge on any atom is -0.497 e. The van der Waals surface area contributed by atoms with Crippen molar-refractivity contribution in [3.05, 3.63) is 77.1 Å². The first-order valence-corrected chi connectivity index (χ1v) is 10.00. The molecule has 0 aliphatic heterocycles. The van der Waals surface area contributed by atoms with Crippen LogP contribution >= 0.6 is 0 Å². The first-order chi connectivity index (χ1) is 15.8. The van der Waals surface area contributed by atoms with Crippen LogP contribution in [0.1, 0.15) is 27.3 Å². The lowest BCUT2D eigenvalue weighted by molar-refractivity contribution is -0.136. The molecule has 2 amide bonds. The molecule has 3 rings (SSSR count). The van der Waals surface area contributed by atoms with Crippen LogP contribution in [-0.4, -0.2) is 42.8 Å². The molecule has 0 aliphatic carbocycles. The van der Waals surface area contributed by atoms with E-state index in [9.17, 15) is 14.4 Å². The molecule has 0 saturated carbocycles. The quantitative estimate of drug-likeness (QED) is 0.261. The number of amides is 2. The highest BCUT2D eigenvalue weighted by molar-refractivity contribution is 6.39. The predicted molar refractivity (Wildman–Crippen MR) is 124 cm³/mol. The van der Waals surface area contributed by atoms with Crippen LogP contribution in [0, 0.1) is 13.8 Å². The monoisotopic (exact) mass is 448 g/mol. The van der Waals surface area contributed by atoms with Gasteiger partial charge in [-0.3, -0.25) is 9.59 Å². The van der Waals surface area contributed by atoms with Gasteiger partial charge in [-0.15, -0.1) is 0 Å². The van der Waals surface area contributed by atoms with Crippen LogP contribution in [0.5, 0.6) is 5.75 Å². The summed E-state index contributed by atoms with van der Waals surface area (Å²) >= 11 is 0. The van der Waals surface area contributed by atoms with E-state index in [1.807, 2.05) is 48.7 Å². The third-order valence-electron chi connectivity index (χ3n) is 4.92. The van der Waals surface area contributed by atoms with Crippen molar-refractivity contribution in [2.45, 2.75) is 13.8 Å². The van der Waals surface area contributed by atoms with Gasteiger partial charge in [0.1, 0.15) is 5.75 Å². The van der Waals surface area contributed by atoms with Crippen molar-refractivity contribution in [2.75, 3.05) is 19.5 Å². The maximum absolute atomic E-state index is 12.1. The lowest BCUT2D eigenvalue weighted by atomic mass is 10.2. The molecule has 0 bridgehead atoms. The van der Waals surface area contributed by atoms with E-state index >= 15 is 0 Å². The fraction of sp³-hybridized carbons (Fsp3) is 0.167. The molecule has 0 radical (unpaired) electrons. The average Bonchev–Trinajstić information content (AvgIpc) is 3.11. The number of hydrogen-bond acceptors (Lipinski definition) is 6. The normalized spacial score (nSPS) is 10.7. The molecule has 0 atom stereocenters. The lowest BCUT2D eigenvalue weighted by Gasteiger charge is -2.11. The molecular formula is C24H24N4O5. The molecule has 0 spiro atoms. The second-order valence-electron chi connectivity index (χ2n) is 7.09. The van der Waals surface area contributed by atoms with Crippen molar-refractivity contribution < 1.29 is 23.9 Å². The van der Waals surface area contributed by atoms with Gasteiger partial charge in [-0.25, -0.2) is 10.2 Å². The van der Waals surface area contributed by atoms with E-state index in [4.69, 9.17) is 4.74 Å². The number of hydrazone groups is 1. The second kappa shape index (κ2) is 10.3. The van der Waals surface area contributed by atoms with Gasteiger partial charge in [-0.2, -0.15) is 5.10 Å². The number of aromatic nitrogens is 1. The van der Waals surface area contributed by atoms with Gasteiger partial charge in [0.2, 0.25) is 0 Å². The Morgan fingerprint density at radius 1 is 0.970 bits per heavy atom. The summed E-state index contributed by atoms with van der Waals surface area (Å²) in [4.78, 5) is 35.6. The molecule has 0 saturated heterocycles. The summed E-state index contributed by atoms with van der Waals surface area (Å²) in [7, 11) is 2.89. The molecule has 9 nitrogen and oxygen atoms in total.